The topological polar surface area (TPSA) is 64.2 Å². The zero-order valence-corrected chi connectivity index (χ0v) is 18.0. The predicted molar refractivity (Wildman–Crippen MR) is 90.5 cm³/mol. The summed E-state index contributed by atoms with van der Waals surface area (Å²) < 4.78 is 8.38. The number of para-hydroxylation sites is 1. The van der Waals surface area contributed by atoms with E-state index in [2.05, 4.69) is 5.32 Å². The Balaban J connectivity index is 0.00000312. The molecular weight excluding hydrogens is 395 g/mol. The second-order valence-electron chi connectivity index (χ2n) is 5.82. The van der Waals surface area contributed by atoms with Gasteiger partial charge in [0.15, 0.2) is 12.7 Å². The summed E-state index contributed by atoms with van der Waals surface area (Å²) >= 11 is 0. The molecule has 0 saturated heterocycles. The van der Waals surface area contributed by atoms with E-state index in [1.165, 1.54) is 0 Å². The van der Waals surface area contributed by atoms with E-state index in [1.807, 2.05) is 51.4 Å². The Hall–Kier alpha value is -1.53. The van der Waals surface area contributed by atoms with Crippen molar-refractivity contribution in [2.75, 3.05) is 11.9 Å². The van der Waals surface area contributed by atoms with E-state index < -0.39 is 0 Å². The van der Waals surface area contributed by atoms with Crippen LogP contribution in [0.1, 0.15) is 23.6 Å². The molecule has 0 aliphatic carbocycles. The molecule has 0 spiro atoms. The SMILES string of the molecule is CCOC(=O)Cn1cc(C)c[n+]1CC(=O)Nc1c(C)cccc1C.[Y]. The zero-order chi connectivity index (χ0) is 17.7. The molecule has 0 saturated carbocycles. The standard InChI is InChI=1S/C18H23N3O3.Y/c1-5-24-17(23)12-21-10-13(2)9-20(21)11-16(22)19-18-14(3)7-6-8-15(18)4;/h6-10H,5,11-12H2,1-4H3;/p+1. The average Bonchev–Trinajstić information content (AvgIpc) is 2.82. The average molecular weight is 419 g/mol. The van der Waals surface area contributed by atoms with Gasteiger partial charge in [-0.05, 0) is 38.8 Å². The van der Waals surface area contributed by atoms with Crippen LogP contribution in [0.15, 0.2) is 30.6 Å². The second kappa shape index (κ2) is 9.83. The molecule has 0 aliphatic rings. The van der Waals surface area contributed by atoms with Crippen LogP contribution in [-0.2, 0) is 60.1 Å². The molecule has 131 valence electrons. The number of nitrogens with zero attached hydrogens (tertiary/aromatic N) is 2. The van der Waals surface area contributed by atoms with Gasteiger partial charge in [-0.15, -0.1) is 9.36 Å². The van der Waals surface area contributed by atoms with Gasteiger partial charge in [0.25, 0.3) is 5.91 Å². The Labute approximate surface area is 173 Å². The molecule has 0 unspecified atom stereocenters. The van der Waals surface area contributed by atoms with Crippen molar-refractivity contribution in [3.8, 4) is 0 Å². The minimum atomic E-state index is -0.322. The Morgan fingerprint density at radius 2 is 1.84 bits per heavy atom. The summed E-state index contributed by atoms with van der Waals surface area (Å²) in [6, 6.07) is 5.88. The number of carbonyl (C=O) groups excluding carboxylic acids is 2. The van der Waals surface area contributed by atoms with E-state index in [9.17, 15) is 9.59 Å². The molecule has 0 bridgehead atoms. The third-order valence-electron chi connectivity index (χ3n) is 3.68. The molecule has 6 nitrogen and oxygen atoms in total. The van der Waals surface area contributed by atoms with Gasteiger partial charge in [-0.1, -0.05) is 18.2 Å². The maximum Gasteiger partial charge on any atom is 0.331 e. The van der Waals surface area contributed by atoms with E-state index in [1.54, 1.807) is 16.3 Å². The van der Waals surface area contributed by atoms with Crippen LogP contribution in [0.5, 0.6) is 0 Å². The van der Waals surface area contributed by atoms with Crippen molar-refractivity contribution in [3.63, 3.8) is 0 Å². The van der Waals surface area contributed by atoms with E-state index >= 15 is 0 Å². The monoisotopic (exact) mass is 419 g/mol. The summed E-state index contributed by atoms with van der Waals surface area (Å²) in [5, 5.41) is 2.95. The van der Waals surface area contributed by atoms with E-state index in [-0.39, 0.29) is 57.7 Å². The largest absolute Gasteiger partial charge is 0.464 e. The molecule has 25 heavy (non-hydrogen) atoms. The summed E-state index contributed by atoms with van der Waals surface area (Å²) in [6.45, 7) is 8.16. The van der Waals surface area contributed by atoms with Crippen molar-refractivity contribution in [1.29, 1.82) is 0 Å². The van der Waals surface area contributed by atoms with Crippen LogP contribution in [-0.4, -0.2) is 23.2 Å². The first kappa shape index (κ1) is 21.5. The van der Waals surface area contributed by atoms with Crippen molar-refractivity contribution in [3.05, 3.63) is 47.3 Å². The quantitative estimate of drug-likeness (QED) is 0.575. The number of rotatable bonds is 6. The number of ether oxygens (including phenoxy) is 1. The summed E-state index contributed by atoms with van der Waals surface area (Å²) in [6.07, 6.45) is 3.66. The first-order valence-corrected chi connectivity index (χ1v) is 7.99. The van der Waals surface area contributed by atoms with Crippen LogP contribution in [0.25, 0.3) is 0 Å². The number of amides is 1. The Morgan fingerprint density at radius 1 is 1.20 bits per heavy atom. The number of anilines is 1. The molecule has 2 rings (SSSR count). The summed E-state index contributed by atoms with van der Waals surface area (Å²) in [7, 11) is 0. The number of nitrogens with one attached hydrogen (secondary N) is 1. The molecule has 0 fully saturated rings. The molecule has 0 atom stereocenters. The van der Waals surface area contributed by atoms with Crippen molar-refractivity contribution >= 4 is 17.6 Å². The van der Waals surface area contributed by atoms with Gasteiger partial charge >= 0.3 is 5.97 Å². The van der Waals surface area contributed by atoms with Gasteiger partial charge in [0.1, 0.15) is 0 Å². The first-order valence-electron chi connectivity index (χ1n) is 7.99. The number of hydrogen-bond acceptors (Lipinski definition) is 3. The van der Waals surface area contributed by atoms with Crippen LogP contribution >= 0.6 is 0 Å². The molecule has 1 radical (unpaired) electrons. The van der Waals surface area contributed by atoms with E-state index in [0.29, 0.717) is 6.61 Å². The van der Waals surface area contributed by atoms with Crippen LogP contribution in [0.4, 0.5) is 5.69 Å². The molecule has 1 aromatic heterocycles. The van der Waals surface area contributed by atoms with Crippen molar-refractivity contribution in [2.24, 2.45) is 0 Å². The fraction of sp³-hybridized carbons (Fsp3) is 0.389. The van der Waals surface area contributed by atoms with Gasteiger partial charge in [0.2, 0.25) is 6.54 Å². The molecule has 2 aromatic rings. The Kier molecular flexibility index (Phi) is 8.46. The van der Waals surface area contributed by atoms with Gasteiger partial charge in [-0.2, -0.15) is 0 Å². The smallest absolute Gasteiger partial charge is 0.331 e. The Bertz CT molecular complexity index is 736. The maximum atomic E-state index is 12.4. The number of aryl methyl sites for hydroxylation is 3. The van der Waals surface area contributed by atoms with Gasteiger partial charge in [-0.25, -0.2) is 4.79 Å². The van der Waals surface area contributed by atoms with Crippen molar-refractivity contribution in [2.45, 2.75) is 40.8 Å². The first-order chi connectivity index (χ1) is 11.4. The number of aromatic nitrogens is 2. The predicted octanol–water partition coefficient (Wildman–Crippen LogP) is 1.90. The summed E-state index contributed by atoms with van der Waals surface area (Å²) in [5.74, 6) is -0.461. The molecule has 1 aromatic carbocycles. The molecule has 0 aliphatic heterocycles. The number of esters is 1. The van der Waals surface area contributed by atoms with Gasteiger partial charge in [0.05, 0.1) is 12.8 Å². The second-order valence-corrected chi connectivity index (χ2v) is 5.82. The maximum absolute atomic E-state index is 12.4. The van der Waals surface area contributed by atoms with Crippen LogP contribution < -0.4 is 10.00 Å². The van der Waals surface area contributed by atoms with Crippen molar-refractivity contribution < 1.29 is 51.7 Å². The molecule has 1 heterocycles. The number of carbonyl (C=O) groups is 2. The van der Waals surface area contributed by atoms with Gasteiger partial charge < -0.3 is 10.1 Å². The fourth-order valence-electron chi connectivity index (χ4n) is 2.60. The van der Waals surface area contributed by atoms with E-state index in [4.69, 9.17) is 4.74 Å². The molecule has 7 heteroatoms. The number of hydrogen-bond donors (Lipinski definition) is 1. The molecule has 1 amide bonds. The van der Waals surface area contributed by atoms with Crippen molar-refractivity contribution in [1.82, 2.24) is 4.68 Å². The van der Waals surface area contributed by atoms with Gasteiger partial charge in [0, 0.05) is 44.0 Å². The normalized spacial score (nSPS) is 10.1. The van der Waals surface area contributed by atoms with E-state index in [0.717, 1.165) is 22.4 Å². The molecule has 1 N–H and O–H groups in total. The fourth-order valence-corrected chi connectivity index (χ4v) is 2.60. The summed E-state index contributed by atoms with van der Waals surface area (Å²) in [5.41, 5.74) is 3.85. The zero-order valence-electron chi connectivity index (χ0n) is 15.2. The third kappa shape index (κ3) is 6.05. The number of benzene rings is 1. The Morgan fingerprint density at radius 3 is 2.44 bits per heavy atom. The summed E-state index contributed by atoms with van der Waals surface area (Å²) in [4.78, 5) is 24.1. The molecular formula is C18H24N3O3Y+. The van der Waals surface area contributed by atoms with Gasteiger partial charge in [-0.3, -0.25) is 4.79 Å². The van der Waals surface area contributed by atoms with Crippen LogP contribution in [0, 0.1) is 20.8 Å². The van der Waals surface area contributed by atoms with Crippen LogP contribution in [0.2, 0.25) is 0 Å². The third-order valence-corrected chi connectivity index (χ3v) is 3.68. The minimum absolute atomic E-state index is 0. The van der Waals surface area contributed by atoms with Crippen LogP contribution in [0.3, 0.4) is 0 Å². The minimum Gasteiger partial charge on any atom is -0.464 e.